The van der Waals surface area contributed by atoms with Crippen molar-refractivity contribution < 1.29 is 23.2 Å². The second kappa shape index (κ2) is 7.90. The van der Waals surface area contributed by atoms with E-state index in [0.29, 0.717) is 41.9 Å². The van der Waals surface area contributed by atoms with E-state index in [1.54, 1.807) is 6.07 Å². The SMILES string of the molecule is CCOc1ccccc1-c1nc(C2CC(=O)N(c3ccc(OC)c(F)c3)C2)no1. The average Bonchev–Trinajstić information content (AvgIpc) is 3.35. The van der Waals surface area contributed by atoms with Crippen molar-refractivity contribution in [1.29, 1.82) is 0 Å². The fourth-order valence-corrected chi connectivity index (χ4v) is 3.39. The molecule has 1 aliphatic heterocycles. The summed E-state index contributed by atoms with van der Waals surface area (Å²) in [6, 6.07) is 11.9. The van der Waals surface area contributed by atoms with Crippen molar-refractivity contribution in [3.63, 3.8) is 0 Å². The fourth-order valence-electron chi connectivity index (χ4n) is 3.39. The predicted molar refractivity (Wildman–Crippen MR) is 104 cm³/mol. The zero-order valence-electron chi connectivity index (χ0n) is 16.1. The summed E-state index contributed by atoms with van der Waals surface area (Å²) in [5.74, 6) is 0.679. The number of nitrogens with zero attached hydrogens (tertiary/aromatic N) is 3. The molecule has 3 aromatic rings. The van der Waals surface area contributed by atoms with Gasteiger partial charge >= 0.3 is 0 Å². The molecule has 0 spiro atoms. The van der Waals surface area contributed by atoms with Crippen molar-refractivity contribution >= 4 is 11.6 Å². The van der Waals surface area contributed by atoms with E-state index in [4.69, 9.17) is 14.0 Å². The summed E-state index contributed by atoms with van der Waals surface area (Å²) in [5.41, 5.74) is 1.17. The molecule has 0 radical (unpaired) electrons. The Bertz CT molecular complexity index is 1040. The third-order valence-corrected chi connectivity index (χ3v) is 4.80. The molecule has 1 aliphatic rings. The minimum Gasteiger partial charge on any atom is -0.494 e. The van der Waals surface area contributed by atoms with E-state index in [1.165, 1.54) is 24.1 Å². The molecule has 1 amide bonds. The molecule has 0 aliphatic carbocycles. The van der Waals surface area contributed by atoms with Crippen LogP contribution in [0.25, 0.3) is 11.5 Å². The van der Waals surface area contributed by atoms with Crippen LogP contribution in [0.1, 0.15) is 25.1 Å². The summed E-state index contributed by atoms with van der Waals surface area (Å²) in [7, 11) is 1.40. The van der Waals surface area contributed by atoms with Crippen LogP contribution in [0.5, 0.6) is 11.5 Å². The minimum absolute atomic E-state index is 0.124. The number of halogens is 1. The lowest BCUT2D eigenvalue weighted by Gasteiger charge is -2.16. The molecule has 1 aromatic heterocycles. The molecule has 29 heavy (non-hydrogen) atoms. The Labute approximate surface area is 167 Å². The molecule has 4 rings (SSSR count). The Hall–Kier alpha value is -3.42. The van der Waals surface area contributed by atoms with Gasteiger partial charge in [-0.1, -0.05) is 17.3 Å². The molecule has 1 atom stereocenters. The van der Waals surface area contributed by atoms with E-state index in [1.807, 2.05) is 31.2 Å². The molecule has 1 unspecified atom stereocenters. The molecule has 8 heteroatoms. The van der Waals surface area contributed by atoms with E-state index in [0.717, 1.165) is 0 Å². The van der Waals surface area contributed by atoms with E-state index in [2.05, 4.69) is 10.1 Å². The number of carbonyl (C=O) groups excluding carboxylic acids is 1. The first-order valence-corrected chi connectivity index (χ1v) is 9.30. The summed E-state index contributed by atoms with van der Waals surface area (Å²) in [4.78, 5) is 18.5. The number of rotatable bonds is 6. The lowest BCUT2D eigenvalue weighted by atomic mass is 10.1. The van der Waals surface area contributed by atoms with Crippen molar-refractivity contribution in [1.82, 2.24) is 10.1 Å². The average molecular weight is 397 g/mol. The van der Waals surface area contributed by atoms with Crippen LogP contribution in [-0.4, -0.2) is 36.3 Å². The van der Waals surface area contributed by atoms with Crippen molar-refractivity contribution in [3.05, 3.63) is 54.1 Å². The van der Waals surface area contributed by atoms with Crippen molar-refractivity contribution in [2.45, 2.75) is 19.3 Å². The zero-order valence-corrected chi connectivity index (χ0v) is 16.1. The number of carbonyl (C=O) groups is 1. The van der Waals surface area contributed by atoms with Gasteiger partial charge in [0.2, 0.25) is 5.91 Å². The Balaban J connectivity index is 1.55. The van der Waals surface area contributed by atoms with Crippen LogP contribution in [0, 0.1) is 5.82 Å². The summed E-state index contributed by atoms with van der Waals surface area (Å²) >= 11 is 0. The summed E-state index contributed by atoms with van der Waals surface area (Å²) < 4.78 is 30.0. The van der Waals surface area contributed by atoms with Crippen LogP contribution in [0.15, 0.2) is 47.0 Å². The zero-order chi connectivity index (χ0) is 20.4. The van der Waals surface area contributed by atoms with Gasteiger partial charge in [0.25, 0.3) is 5.89 Å². The van der Waals surface area contributed by atoms with Gasteiger partial charge in [-0.25, -0.2) is 4.39 Å². The maximum absolute atomic E-state index is 14.0. The number of ether oxygens (including phenoxy) is 2. The molecule has 2 aromatic carbocycles. The molecule has 150 valence electrons. The smallest absolute Gasteiger partial charge is 0.261 e. The topological polar surface area (TPSA) is 77.7 Å². The maximum Gasteiger partial charge on any atom is 0.261 e. The number of methoxy groups -OCH3 is 1. The van der Waals surface area contributed by atoms with Gasteiger partial charge in [-0.3, -0.25) is 4.79 Å². The van der Waals surface area contributed by atoms with E-state index in [-0.39, 0.29) is 24.0 Å². The summed E-state index contributed by atoms with van der Waals surface area (Å²) in [5, 5.41) is 4.07. The number of para-hydroxylation sites is 1. The minimum atomic E-state index is -0.518. The molecule has 7 nitrogen and oxygen atoms in total. The van der Waals surface area contributed by atoms with Crippen LogP contribution >= 0.6 is 0 Å². The number of hydrogen-bond acceptors (Lipinski definition) is 6. The Morgan fingerprint density at radius 1 is 1.24 bits per heavy atom. The summed E-state index contributed by atoms with van der Waals surface area (Å²) in [6.07, 6.45) is 0.222. The second-order valence-electron chi connectivity index (χ2n) is 6.61. The van der Waals surface area contributed by atoms with Gasteiger partial charge in [0, 0.05) is 30.6 Å². The molecule has 0 bridgehead atoms. The van der Waals surface area contributed by atoms with Crippen LogP contribution in [0.3, 0.4) is 0 Å². The van der Waals surface area contributed by atoms with Gasteiger partial charge in [-0.15, -0.1) is 0 Å². The second-order valence-corrected chi connectivity index (χ2v) is 6.61. The highest BCUT2D eigenvalue weighted by atomic mass is 19.1. The lowest BCUT2D eigenvalue weighted by molar-refractivity contribution is -0.117. The first kappa shape index (κ1) is 18.9. The Morgan fingerprint density at radius 2 is 2.07 bits per heavy atom. The standard InChI is InChI=1S/C21H20FN3O4/c1-3-28-17-7-5-4-6-15(17)21-23-20(24-29-21)13-10-19(26)25(12-13)14-8-9-18(27-2)16(22)11-14/h4-9,11,13H,3,10,12H2,1-2H3. The van der Waals surface area contributed by atoms with Crippen LogP contribution in [-0.2, 0) is 4.79 Å². The van der Waals surface area contributed by atoms with Crippen molar-refractivity contribution in [2.75, 3.05) is 25.2 Å². The van der Waals surface area contributed by atoms with Crippen molar-refractivity contribution in [2.24, 2.45) is 0 Å². The number of hydrogen-bond donors (Lipinski definition) is 0. The highest BCUT2D eigenvalue weighted by Crippen LogP contribution is 2.34. The monoisotopic (exact) mass is 397 g/mol. The molecule has 2 heterocycles. The van der Waals surface area contributed by atoms with Crippen LogP contribution in [0.2, 0.25) is 0 Å². The number of anilines is 1. The highest BCUT2D eigenvalue weighted by Gasteiger charge is 2.35. The van der Waals surface area contributed by atoms with Gasteiger partial charge < -0.3 is 18.9 Å². The normalized spacial score (nSPS) is 16.3. The number of aromatic nitrogens is 2. The number of benzene rings is 2. The molecule has 0 saturated carbocycles. The third-order valence-electron chi connectivity index (χ3n) is 4.80. The van der Waals surface area contributed by atoms with Gasteiger partial charge in [0.15, 0.2) is 17.4 Å². The van der Waals surface area contributed by atoms with Gasteiger partial charge in [0.05, 0.1) is 19.3 Å². The van der Waals surface area contributed by atoms with E-state index in [9.17, 15) is 9.18 Å². The third kappa shape index (κ3) is 3.65. The van der Waals surface area contributed by atoms with Gasteiger partial charge in [-0.2, -0.15) is 4.98 Å². The Morgan fingerprint density at radius 3 is 2.83 bits per heavy atom. The lowest BCUT2D eigenvalue weighted by Crippen LogP contribution is -2.24. The first-order chi connectivity index (χ1) is 14.1. The summed E-state index contributed by atoms with van der Waals surface area (Å²) in [6.45, 7) is 2.76. The molecule has 0 N–H and O–H groups in total. The van der Waals surface area contributed by atoms with Crippen molar-refractivity contribution in [3.8, 4) is 23.0 Å². The Kier molecular flexibility index (Phi) is 5.16. The molecular formula is C21H20FN3O4. The fraction of sp³-hybridized carbons (Fsp3) is 0.286. The van der Waals surface area contributed by atoms with Gasteiger partial charge in [0.1, 0.15) is 5.75 Å². The molecule has 1 fully saturated rings. The van der Waals surface area contributed by atoms with Crippen LogP contribution in [0.4, 0.5) is 10.1 Å². The quantitative estimate of drug-likeness (QED) is 0.630. The molecular weight excluding hydrogens is 377 g/mol. The predicted octanol–water partition coefficient (Wildman–Crippen LogP) is 3.80. The maximum atomic E-state index is 14.0. The van der Waals surface area contributed by atoms with E-state index >= 15 is 0 Å². The van der Waals surface area contributed by atoms with E-state index < -0.39 is 5.82 Å². The molecule has 1 saturated heterocycles. The van der Waals surface area contributed by atoms with Crippen LogP contribution < -0.4 is 14.4 Å². The van der Waals surface area contributed by atoms with Gasteiger partial charge in [-0.05, 0) is 31.2 Å². The largest absolute Gasteiger partial charge is 0.494 e. The number of amides is 1. The first-order valence-electron chi connectivity index (χ1n) is 9.30. The highest BCUT2D eigenvalue weighted by molar-refractivity contribution is 5.96.